The lowest BCUT2D eigenvalue weighted by atomic mass is 10.3. The van der Waals surface area contributed by atoms with Gasteiger partial charge >= 0.3 is 17.8 Å². The molecule has 0 unspecified atom stereocenters. The molecule has 0 bridgehead atoms. The van der Waals surface area contributed by atoms with Gasteiger partial charge in [-0.3, -0.25) is 106 Å². The molecule has 0 saturated heterocycles. The molecule has 0 radical (unpaired) electrons. The van der Waals surface area contributed by atoms with Crippen LogP contribution in [-0.2, 0) is 95.9 Å². The lowest BCUT2D eigenvalue weighted by molar-refractivity contribution is -0.157. The summed E-state index contributed by atoms with van der Waals surface area (Å²) < 4.78 is 0. The highest BCUT2D eigenvalue weighted by molar-refractivity contribution is 6.37. The van der Waals surface area contributed by atoms with E-state index >= 15 is 0 Å². The number of hydrogen-bond acceptors (Lipinski definition) is 22. The van der Waals surface area contributed by atoms with Crippen molar-refractivity contribution in [1.82, 2.24) is 98.4 Å². The van der Waals surface area contributed by atoms with Gasteiger partial charge in [0.25, 0.3) is 0 Å². The monoisotopic (exact) mass is 1440 g/mol. The van der Waals surface area contributed by atoms with Crippen LogP contribution in [0.1, 0.15) is 0 Å². The second kappa shape index (κ2) is 43.1. The smallest absolute Gasteiger partial charge is 0.323 e. The maximum absolute atomic E-state index is 13.1. The van der Waals surface area contributed by atoms with E-state index in [-0.39, 0.29) is 19.0 Å². The largest absolute Gasteiger partial charge is 0.480 e. The van der Waals surface area contributed by atoms with Crippen LogP contribution < -0.4 is 5.32 Å². The number of rotatable bonds is 39. The molecule has 0 aromatic heterocycles. The molecule has 568 valence electrons. The molecule has 0 spiro atoms. The van der Waals surface area contributed by atoms with E-state index in [4.69, 9.17) is 5.11 Å². The Labute approximate surface area is 587 Å². The molecule has 41 nitrogen and oxygen atoms in total. The van der Waals surface area contributed by atoms with Gasteiger partial charge in [0.05, 0.1) is 111 Å². The molecule has 0 aromatic rings. The summed E-state index contributed by atoms with van der Waals surface area (Å²) in [5.74, 6) is -15.6. The minimum Gasteiger partial charge on any atom is -0.480 e. The van der Waals surface area contributed by atoms with E-state index in [9.17, 15) is 95.9 Å². The number of carbonyl (C=O) groups is 20. The number of carbonyl (C=O) groups excluding carboxylic acids is 19. The average Bonchev–Trinajstić information content (AvgIpc) is 0.871. The Balaban J connectivity index is 5.05. The van der Waals surface area contributed by atoms with E-state index in [1.165, 1.54) is 118 Å². The highest BCUT2D eigenvalue weighted by atomic mass is 16.4. The molecule has 0 aromatic carbocycles. The molecule has 2 N–H and O–H groups in total. The lowest BCUT2D eigenvalue weighted by Crippen LogP contribution is -2.51. The normalized spacial score (nSPS) is 10.5. The number of nitrogens with one attached hydrogen (secondary N) is 1. The fraction of sp³-hybridized carbons (Fsp3) is 0.667. The third kappa shape index (κ3) is 32.4. The number of carboxylic acid groups (broad SMARTS) is 1. The van der Waals surface area contributed by atoms with Gasteiger partial charge in [0.1, 0.15) is 6.54 Å². The standard InChI is InChI=1S/C60H102N20O21/c1-61-21-22-62(2)23-41(81)63(3)24-42(82)64(4)25-43(83)65(5)26-44(84)66(6)27-45(85)67(7)28-46(86)68(8)29-47(87)69(9)30-48(88)70(10)31-49(89)71(11)32-50(90)72(12)33-51(91)73(13)34-52(92)74(14)35-53(93)75(15)36-54(94)76(16)37-55(95)77(17)39-57(97)80(20)60(101)59(100)79(19)38-56(96)78(18)40-58(98)99/h61H,21-40H2,1-20H3,(H,98,99). The lowest BCUT2D eigenvalue weighted by Gasteiger charge is -2.28. The van der Waals surface area contributed by atoms with Gasteiger partial charge in [0.15, 0.2) is 0 Å². The first-order valence-corrected chi connectivity index (χ1v) is 31.0. The van der Waals surface area contributed by atoms with Crippen molar-refractivity contribution < 1.29 is 101 Å². The molecule has 0 saturated carbocycles. The summed E-state index contributed by atoms with van der Waals surface area (Å²) in [6.45, 7) is -7.80. The fourth-order valence-electron chi connectivity index (χ4n) is 8.00. The summed E-state index contributed by atoms with van der Waals surface area (Å²) in [6.07, 6.45) is 0. The number of hydrogen-bond donors (Lipinski definition) is 2. The topological polar surface area (TPSA) is 435 Å². The Hall–Kier alpha value is -10.5. The van der Waals surface area contributed by atoms with Crippen LogP contribution >= 0.6 is 0 Å². The minimum atomic E-state index is -1.35. The maximum Gasteiger partial charge on any atom is 0.323 e. The molecule has 0 aliphatic heterocycles. The third-order valence-corrected chi connectivity index (χ3v) is 15.5. The van der Waals surface area contributed by atoms with Crippen molar-refractivity contribution in [3.63, 3.8) is 0 Å². The first kappa shape index (κ1) is 90.5. The van der Waals surface area contributed by atoms with Gasteiger partial charge in [-0.15, -0.1) is 0 Å². The highest BCUT2D eigenvalue weighted by Crippen LogP contribution is 2.05. The molecule has 0 heterocycles. The van der Waals surface area contributed by atoms with Crippen molar-refractivity contribution in [2.24, 2.45) is 0 Å². The van der Waals surface area contributed by atoms with Crippen molar-refractivity contribution in [3.05, 3.63) is 0 Å². The molecule has 41 heteroatoms. The molecular formula is C60H102N20O21. The van der Waals surface area contributed by atoms with E-state index in [0.717, 1.165) is 87.6 Å². The summed E-state index contributed by atoms with van der Waals surface area (Å²) >= 11 is 0. The number of nitrogens with zero attached hydrogens (tertiary/aromatic N) is 19. The molecule has 101 heavy (non-hydrogen) atoms. The van der Waals surface area contributed by atoms with Crippen molar-refractivity contribution >= 4 is 118 Å². The first-order chi connectivity index (χ1) is 46.6. The van der Waals surface area contributed by atoms with Gasteiger partial charge in [0.2, 0.25) is 100 Å². The number of likely N-dealkylation sites (N-methyl/N-ethyl adjacent to an activating group) is 20. The third-order valence-electron chi connectivity index (χ3n) is 15.5. The Bertz CT molecular complexity index is 3080. The van der Waals surface area contributed by atoms with E-state index < -0.39 is 217 Å². The van der Waals surface area contributed by atoms with Crippen LogP contribution in [0.25, 0.3) is 0 Å². The zero-order valence-electron chi connectivity index (χ0n) is 61.8. The fourth-order valence-corrected chi connectivity index (χ4v) is 8.00. The second-order valence-corrected chi connectivity index (χ2v) is 24.7. The Morgan fingerprint density at radius 3 is 0.525 bits per heavy atom. The van der Waals surface area contributed by atoms with Gasteiger partial charge in [-0.1, -0.05) is 0 Å². The van der Waals surface area contributed by atoms with Crippen LogP contribution in [0.5, 0.6) is 0 Å². The molecule has 0 aliphatic rings. The molecule has 0 aliphatic carbocycles. The maximum atomic E-state index is 13.1. The summed E-state index contributed by atoms with van der Waals surface area (Å²) in [5.41, 5.74) is 0. The number of aliphatic carboxylic acids is 1. The second-order valence-electron chi connectivity index (χ2n) is 24.7. The van der Waals surface area contributed by atoms with Crippen LogP contribution in [0.2, 0.25) is 0 Å². The molecule has 0 rings (SSSR count). The van der Waals surface area contributed by atoms with E-state index in [0.29, 0.717) is 22.9 Å². The van der Waals surface area contributed by atoms with Crippen molar-refractivity contribution in [3.8, 4) is 0 Å². The first-order valence-electron chi connectivity index (χ1n) is 31.0. The summed E-state index contributed by atoms with van der Waals surface area (Å²) in [5, 5.41) is 11.8. The van der Waals surface area contributed by atoms with Crippen LogP contribution in [0, 0.1) is 0 Å². The Morgan fingerprint density at radius 2 is 0.356 bits per heavy atom. The number of imide groups is 1. The number of amides is 19. The van der Waals surface area contributed by atoms with Gasteiger partial charge in [-0.25, -0.2) is 0 Å². The molecule has 0 atom stereocenters. The van der Waals surface area contributed by atoms with Gasteiger partial charge in [-0.05, 0) is 14.1 Å². The zero-order valence-corrected chi connectivity index (χ0v) is 61.8. The van der Waals surface area contributed by atoms with E-state index in [1.807, 2.05) is 0 Å². The van der Waals surface area contributed by atoms with Gasteiger partial charge < -0.3 is 93.7 Å². The molecule has 19 amide bonds. The summed E-state index contributed by atoms with van der Waals surface area (Å²) in [6, 6.07) is 0. The Morgan fingerprint density at radius 1 is 0.208 bits per heavy atom. The predicted octanol–water partition coefficient (Wildman–Crippen LogP) is -11.0. The van der Waals surface area contributed by atoms with Gasteiger partial charge in [-0.2, -0.15) is 0 Å². The SMILES string of the molecule is CNCCN(C)CC(=O)N(C)CC(=O)N(C)CC(=O)N(C)CC(=O)N(C)CC(=O)N(C)CC(=O)N(C)CC(=O)N(C)CC(=O)N(C)CC(=O)N(C)CC(=O)N(C)CC(=O)N(C)CC(=O)N(C)CC(=O)N(C)CC(=O)N(C)CC(=O)N(C)CC(=O)N(C)C(=O)C(=O)N(C)CC(=O)N(C)CC(=O)O. The zero-order chi connectivity index (χ0) is 78.4. The predicted molar refractivity (Wildman–Crippen MR) is 357 cm³/mol. The van der Waals surface area contributed by atoms with E-state index in [2.05, 4.69) is 5.32 Å². The van der Waals surface area contributed by atoms with Crippen LogP contribution in [-0.4, -0.2) is 488 Å². The van der Waals surface area contributed by atoms with Crippen molar-refractivity contribution in [1.29, 1.82) is 0 Å². The van der Waals surface area contributed by atoms with Crippen LogP contribution in [0.15, 0.2) is 0 Å². The minimum absolute atomic E-state index is 0.0859. The number of carboxylic acids is 1. The highest BCUT2D eigenvalue weighted by Gasteiger charge is 2.32. The van der Waals surface area contributed by atoms with E-state index in [1.54, 1.807) is 19.0 Å². The summed E-state index contributed by atoms with van der Waals surface area (Å²) in [4.78, 5) is 275. The van der Waals surface area contributed by atoms with Crippen LogP contribution in [0.3, 0.4) is 0 Å². The quantitative estimate of drug-likeness (QED) is 0.0540. The summed E-state index contributed by atoms with van der Waals surface area (Å²) in [7, 11) is 26.1. The van der Waals surface area contributed by atoms with Crippen molar-refractivity contribution in [2.45, 2.75) is 0 Å². The average molecular weight is 1440 g/mol. The molecular weight excluding hydrogens is 1340 g/mol. The Kier molecular flexibility index (Phi) is 38.7. The van der Waals surface area contributed by atoms with Crippen LogP contribution in [0.4, 0.5) is 0 Å². The van der Waals surface area contributed by atoms with Crippen molar-refractivity contribution in [2.75, 3.05) is 272 Å². The molecule has 0 fully saturated rings. The van der Waals surface area contributed by atoms with Gasteiger partial charge in [0, 0.05) is 140 Å².